The zero-order valence-electron chi connectivity index (χ0n) is 15.2. The molecule has 3 heterocycles. The molecule has 0 bridgehead atoms. The van der Waals surface area contributed by atoms with Crippen molar-refractivity contribution in [2.75, 3.05) is 24.6 Å². The van der Waals surface area contributed by atoms with Crippen LogP contribution in [0.2, 0.25) is 0 Å². The molecule has 25 heavy (non-hydrogen) atoms. The lowest BCUT2D eigenvalue weighted by Crippen LogP contribution is -2.40. The number of carbonyl (C=O) groups is 1. The average molecular weight is 363 g/mol. The van der Waals surface area contributed by atoms with Gasteiger partial charge in [-0.1, -0.05) is 0 Å². The average Bonchev–Trinajstić information content (AvgIpc) is 2.91. The van der Waals surface area contributed by atoms with E-state index in [0.717, 1.165) is 47.5 Å². The summed E-state index contributed by atoms with van der Waals surface area (Å²) in [6, 6.07) is 0. The number of aromatic nitrogens is 2. The molecule has 0 radical (unpaired) electrons. The second kappa shape index (κ2) is 7.25. The fraction of sp³-hybridized carbons (Fsp3) is 0.611. The van der Waals surface area contributed by atoms with E-state index in [1.165, 1.54) is 11.3 Å². The Labute approximate surface area is 151 Å². The molecule has 1 aliphatic heterocycles. The number of hydrogen-bond acceptors (Lipinski definition) is 7. The molecular weight excluding hydrogens is 338 g/mol. The van der Waals surface area contributed by atoms with Crippen molar-refractivity contribution in [3.63, 3.8) is 0 Å². The van der Waals surface area contributed by atoms with Crippen LogP contribution in [-0.2, 0) is 4.74 Å². The highest BCUT2D eigenvalue weighted by molar-refractivity contribution is 7.20. The summed E-state index contributed by atoms with van der Waals surface area (Å²) >= 11 is 1.37. The number of aryl methyl sites for hydroxylation is 2. The van der Waals surface area contributed by atoms with Crippen molar-refractivity contribution in [2.24, 2.45) is 5.92 Å². The summed E-state index contributed by atoms with van der Waals surface area (Å²) in [4.78, 5) is 25.1. The zero-order valence-corrected chi connectivity index (χ0v) is 16.0. The number of esters is 1. The summed E-state index contributed by atoms with van der Waals surface area (Å²) in [6.07, 6.45) is 1.71. The van der Waals surface area contributed by atoms with Gasteiger partial charge < -0.3 is 14.7 Å². The summed E-state index contributed by atoms with van der Waals surface area (Å²) in [6.45, 7) is 9.49. The van der Waals surface area contributed by atoms with Crippen LogP contribution < -0.4 is 4.90 Å². The van der Waals surface area contributed by atoms with Crippen molar-refractivity contribution in [3.8, 4) is 0 Å². The molecule has 3 rings (SSSR count). The van der Waals surface area contributed by atoms with E-state index in [0.29, 0.717) is 17.3 Å². The maximum absolute atomic E-state index is 12.2. The molecule has 1 fully saturated rings. The number of nitrogens with zero attached hydrogens (tertiary/aromatic N) is 3. The van der Waals surface area contributed by atoms with Gasteiger partial charge >= 0.3 is 5.97 Å². The van der Waals surface area contributed by atoms with Gasteiger partial charge in [0.1, 0.15) is 21.3 Å². The lowest BCUT2D eigenvalue weighted by molar-refractivity contribution is 0.0531. The van der Waals surface area contributed by atoms with Gasteiger partial charge in [0.15, 0.2) is 0 Å². The van der Waals surface area contributed by atoms with E-state index < -0.39 is 0 Å². The van der Waals surface area contributed by atoms with Crippen LogP contribution in [0, 0.1) is 19.8 Å². The van der Waals surface area contributed by atoms with Gasteiger partial charge in [0, 0.05) is 19.0 Å². The number of aliphatic hydroxyl groups excluding tert-OH is 1. The molecule has 7 heteroatoms. The first-order chi connectivity index (χ1) is 11.9. The predicted molar refractivity (Wildman–Crippen MR) is 99.5 cm³/mol. The molecule has 1 saturated heterocycles. The molecule has 0 aromatic carbocycles. The molecule has 2 atom stereocenters. The van der Waals surface area contributed by atoms with E-state index in [-0.39, 0.29) is 18.0 Å². The zero-order chi connectivity index (χ0) is 18.1. The molecule has 2 unspecified atom stereocenters. The number of carbonyl (C=O) groups excluding carboxylic acids is 1. The fourth-order valence-corrected chi connectivity index (χ4v) is 4.55. The molecule has 0 aliphatic carbocycles. The van der Waals surface area contributed by atoms with E-state index in [1.54, 1.807) is 6.92 Å². The maximum Gasteiger partial charge on any atom is 0.348 e. The third-order valence-corrected chi connectivity index (χ3v) is 5.95. The molecule has 2 aromatic heterocycles. The van der Waals surface area contributed by atoms with Gasteiger partial charge in [0.2, 0.25) is 0 Å². The lowest BCUT2D eigenvalue weighted by Gasteiger charge is -2.35. The SMILES string of the molecule is CCOC(=O)c1sc2nc(C)nc(N3CCCC(C(C)O)C3)c2c1C. The Hall–Kier alpha value is -1.73. The molecule has 1 aliphatic rings. The first kappa shape index (κ1) is 18.1. The first-order valence-corrected chi connectivity index (χ1v) is 9.61. The molecule has 2 aromatic rings. The Morgan fingerprint density at radius 2 is 2.20 bits per heavy atom. The van der Waals surface area contributed by atoms with Crippen LogP contribution in [-0.4, -0.2) is 46.8 Å². The Bertz CT molecular complexity index is 787. The number of piperidine rings is 1. The van der Waals surface area contributed by atoms with Gasteiger partial charge in [-0.2, -0.15) is 0 Å². The van der Waals surface area contributed by atoms with E-state index in [4.69, 9.17) is 4.74 Å². The molecule has 0 spiro atoms. The van der Waals surface area contributed by atoms with E-state index in [2.05, 4.69) is 14.9 Å². The van der Waals surface area contributed by atoms with E-state index >= 15 is 0 Å². The van der Waals surface area contributed by atoms with Crippen LogP contribution in [0.25, 0.3) is 10.2 Å². The quantitative estimate of drug-likeness (QED) is 0.842. The van der Waals surface area contributed by atoms with Gasteiger partial charge in [-0.15, -0.1) is 11.3 Å². The highest BCUT2D eigenvalue weighted by Crippen LogP contribution is 2.37. The van der Waals surface area contributed by atoms with E-state index in [9.17, 15) is 9.90 Å². The highest BCUT2D eigenvalue weighted by Gasteiger charge is 2.28. The second-order valence-electron chi connectivity index (χ2n) is 6.64. The maximum atomic E-state index is 12.2. The molecule has 1 N–H and O–H groups in total. The number of fused-ring (bicyclic) bond motifs is 1. The number of aliphatic hydroxyl groups is 1. The number of hydrogen-bond donors (Lipinski definition) is 1. The molecular formula is C18H25N3O3S. The van der Waals surface area contributed by atoms with Crippen molar-refractivity contribution in [3.05, 3.63) is 16.3 Å². The summed E-state index contributed by atoms with van der Waals surface area (Å²) in [7, 11) is 0. The van der Waals surface area contributed by atoms with Gasteiger partial charge in [0.25, 0.3) is 0 Å². The van der Waals surface area contributed by atoms with Crippen LogP contribution >= 0.6 is 11.3 Å². The second-order valence-corrected chi connectivity index (χ2v) is 7.64. The van der Waals surface area contributed by atoms with Crippen molar-refractivity contribution in [1.82, 2.24) is 9.97 Å². The van der Waals surface area contributed by atoms with Crippen LogP contribution in [0.1, 0.15) is 47.7 Å². The normalized spacial score (nSPS) is 19.2. The number of rotatable bonds is 4. The van der Waals surface area contributed by atoms with Crippen LogP contribution in [0.3, 0.4) is 0 Å². The van der Waals surface area contributed by atoms with Crippen molar-refractivity contribution >= 4 is 33.3 Å². The highest BCUT2D eigenvalue weighted by atomic mass is 32.1. The molecule has 0 amide bonds. The van der Waals surface area contributed by atoms with Crippen molar-refractivity contribution in [1.29, 1.82) is 0 Å². The third-order valence-electron chi connectivity index (χ3n) is 4.78. The minimum Gasteiger partial charge on any atom is -0.462 e. The molecule has 6 nitrogen and oxygen atoms in total. The largest absolute Gasteiger partial charge is 0.462 e. The summed E-state index contributed by atoms with van der Waals surface area (Å²) in [5.41, 5.74) is 0.882. The smallest absolute Gasteiger partial charge is 0.348 e. The third kappa shape index (κ3) is 3.48. The Morgan fingerprint density at radius 1 is 1.44 bits per heavy atom. The monoisotopic (exact) mass is 363 g/mol. The van der Waals surface area contributed by atoms with Gasteiger partial charge in [-0.05, 0) is 46.1 Å². The molecule has 0 saturated carbocycles. The lowest BCUT2D eigenvalue weighted by atomic mass is 9.93. The van der Waals surface area contributed by atoms with Gasteiger partial charge in [-0.25, -0.2) is 14.8 Å². The summed E-state index contributed by atoms with van der Waals surface area (Å²) in [5, 5.41) is 10.9. The number of anilines is 1. The van der Waals surface area contributed by atoms with Crippen molar-refractivity contribution < 1.29 is 14.6 Å². The molecule has 136 valence electrons. The van der Waals surface area contributed by atoms with Gasteiger partial charge in [0.05, 0.1) is 18.1 Å². The first-order valence-electron chi connectivity index (χ1n) is 8.80. The Morgan fingerprint density at radius 3 is 2.88 bits per heavy atom. The summed E-state index contributed by atoms with van der Waals surface area (Å²) in [5.74, 6) is 1.50. The predicted octanol–water partition coefficient (Wildman–Crippen LogP) is 3.08. The standard InChI is InChI=1S/C18H25N3O3S/c1-5-24-18(23)15-10(2)14-16(19-12(4)20-17(14)25-15)21-8-6-7-13(9-21)11(3)22/h11,13,22H,5-9H2,1-4H3. The minimum absolute atomic E-state index is 0.238. The fourth-order valence-electron chi connectivity index (χ4n) is 3.44. The number of ether oxygens (including phenoxy) is 1. The van der Waals surface area contributed by atoms with Crippen LogP contribution in [0.5, 0.6) is 0 Å². The van der Waals surface area contributed by atoms with E-state index in [1.807, 2.05) is 20.8 Å². The topological polar surface area (TPSA) is 75.5 Å². The minimum atomic E-state index is -0.333. The summed E-state index contributed by atoms with van der Waals surface area (Å²) < 4.78 is 5.18. The Kier molecular flexibility index (Phi) is 5.24. The Balaban J connectivity index is 2.07. The number of thiophene rings is 1. The van der Waals surface area contributed by atoms with Crippen molar-refractivity contribution in [2.45, 2.75) is 46.6 Å². The van der Waals surface area contributed by atoms with Gasteiger partial charge in [-0.3, -0.25) is 0 Å². The van der Waals surface area contributed by atoms with Crippen LogP contribution in [0.4, 0.5) is 5.82 Å². The van der Waals surface area contributed by atoms with Crippen LogP contribution in [0.15, 0.2) is 0 Å².